The Kier molecular flexibility index (Phi) is 6.99. The molecule has 2 saturated carbocycles. The summed E-state index contributed by atoms with van der Waals surface area (Å²) in [5.74, 6) is 2.32. The molecular formula is C31H54O. The predicted octanol–water partition coefficient (Wildman–Crippen LogP) is 9.12. The van der Waals surface area contributed by atoms with Crippen LogP contribution in [-0.4, -0.2) is 11.2 Å². The Bertz CT molecular complexity index is 767. The molecule has 1 heteroatoms. The lowest BCUT2D eigenvalue weighted by atomic mass is 9.43. The summed E-state index contributed by atoms with van der Waals surface area (Å²) in [4.78, 5) is 0. The van der Waals surface area contributed by atoms with Gasteiger partial charge in [0.1, 0.15) is 0 Å². The summed E-state index contributed by atoms with van der Waals surface area (Å²) in [6.45, 7) is 19.6. The van der Waals surface area contributed by atoms with Crippen LogP contribution in [0.5, 0.6) is 0 Å². The standard InChI is InChI=1S/C30H50O.CH4/c1-20(2)10-9-11-21(3)22-14-18-30(8)24-12-13-25-27(4,5)26(31)16-17-28(25,6)23(24)15-19-29(22,30)7;/h10,21-22,25-26,31H,9,11-19H2,1-8H3;1H4/t21-,22+,25+,26+,28-,29+,30-;/m1./s1. The molecule has 2 fully saturated rings. The van der Waals surface area contributed by atoms with E-state index >= 15 is 0 Å². The fourth-order valence-electron chi connectivity index (χ4n) is 9.47. The third kappa shape index (κ3) is 3.59. The van der Waals surface area contributed by atoms with E-state index in [4.69, 9.17) is 0 Å². The van der Waals surface area contributed by atoms with Crippen molar-refractivity contribution in [2.45, 2.75) is 133 Å². The van der Waals surface area contributed by atoms with E-state index in [9.17, 15) is 5.11 Å². The second kappa shape index (κ2) is 8.58. The fraction of sp³-hybridized carbons (Fsp3) is 0.871. The van der Waals surface area contributed by atoms with Crippen LogP contribution in [0.2, 0.25) is 0 Å². The second-order valence-electron chi connectivity index (χ2n) is 13.6. The van der Waals surface area contributed by atoms with Crippen LogP contribution in [0.4, 0.5) is 0 Å². The minimum atomic E-state index is -0.130. The second-order valence-corrected chi connectivity index (χ2v) is 13.6. The molecule has 4 rings (SSSR count). The van der Waals surface area contributed by atoms with Crippen molar-refractivity contribution in [3.63, 3.8) is 0 Å². The molecular weight excluding hydrogens is 388 g/mol. The highest BCUT2D eigenvalue weighted by Gasteiger charge is 2.63. The minimum Gasteiger partial charge on any atom is -0.393 e. The maximum Gasteiger partial charge on any atom is 0.0594 e. The third-order valence-corrected chi connectivity index (χ3v) is 11.7. The lowest BCUT2D eigenvalue weighted by molar-refractivity contribution is -0.0962. The maximum atomic E-state index is 10.8. The van der Waals surface area contributed by atoms with Crippen LogP contribution in [0.1, 0.15) is 127 Å². The van der Waals surface area contributed by atoms with Gasteiger partial charge in [0.05, 0.1) is 6.10 Å². The Labute approximate surface area is 200 Å². The van der Waals surface area contributed by atoms with Gasteiger partial charge >= 0.3 is 0 Å². The average molecular weight is 443 g/mol. The SMILES string of the molecule is C.CC(C)=CCC[C@@H](C)[C@@H]1CC[C@]2(C)C3=C(CC[C@@]12C)[C@@]1(C)CC[C@H](O)C(C)(C)[C@@H]1CC3. The Balaban J connectivity index is 0.00000289. The van der Waals surface area contributed by atoms with E-state index in [-0.39, 0.29) is 18.9 Å². The molecule has 7 atom stereocenters. The minimum absolute atomic E-state index is 0. The van der Waals surface area contributed by atoms with Gasteiger partial charge in [-0.15, -0.1) is 0 Å². The average Bonchev–Trinajstić information content (AvgIpc) is 2.96. The molecule has 0 bridgehead atoms. The van der Waals surface area contributed by atoms with E-state index < -0.39 is 0 Å². The first-order chi connectivity index (χ1) is 14.4. The molecule has 0 radical (unpaired) electrons. The number of aliphatic hydroxyl groups excluding tert-OH is 1. The molecule has 0 aromatic rings. The summed E-state index contributed by atoms with van der Waals surface area (Å²) >= 11 is 0. The Morgan fingerprint density at radius 3 is 2.31 bits per heavy atom. The van der Waals surface area contributed by atoms with Crippen LogP contribution in [0.15, 0.2) is 22.8 Å². The van der Waals surface area contributed by atoms with Crippen LogP contribution in [0, 0.1) is 39.4 Å². The van der Waals surface area contributed by atoms with Gasteiger partial charge in [-0.3, -0.25) is 0 Å². The third-order valence-electron chi connectivity index (χ3n) is 11.7. The van der Waals surface area contributed by atoms with Crippen molar-refractivity contribution in [2.75, 3.05) is 0 Å². The van der Waals surface area contributed by atoms with Crippen LogP contribution < -0.4 is 0 Å². The van der Waals surface area contributed by atoms with E-state index in [2.05, 4.69) is 61.5 Å². The summed E-state index contributed by atoms with van der Waals surface area (Å²) < 4.78 is 0. The number of hydrogen-bond donors (Lipinski definition) is 1. The predicted molar refractivity (Wildman–Crippen MR) is 140 cm³/mol. The molecule has 0 aromatic carbocycles. The van der Waals surface area contributed by atoms with Gasteiger partial charge in [-0.25, -0.2) is 0 Å². The molecule has 0 amide bonds. The van der Waals surface area contributed by atoms with Crippen molar-refractivity contribution >= 4 is 0 Å². The molecule has 1 nitrogen and oxygen atoms in total. The maximum absolute atomic E-state index is 10.8. The molecule has 0 spiro atoms. The number of rotatable bonds is 4. The summed E-state index contributed by atoms with van der Waals surface area (Å²) in [6, 6.07) is 0. The van der Waals surface area contributed by atoms with Gasteiger partial charge in [0.2, 0.25) is 0 Å². The number of allylic oxidation sites excluding steroid dienone is 4. The quantitative estimate of drug-likeness (QED) is 0.430. The highest BCUT2D eigenvalue weighted by molar-refractivity contribution is 5.38. The molecule has 0 aromatic heterocycles. The number of fused-ring (bicyclic) bond motifs is 4. The zero-order valence-corrected chi connectivity index (χ0v) is 21.9. The molecule has 4 aliphatic carbocycles. The summed E-state index contributed by atoms with van der Waals surface area (Å²) in [6.07, 6.45) is 15.2. The van der Waals surface area contributed by atoms with Crippen molar-refractivity contribution in [1.29, 1.82) is 0 Å². The molecule has 4 aliphatic rings. The smallest absolute Gasteiger partial charge is 0.0594 e. The van der Waals surface area contributed by atoms with Gasteiger partial charge in [0.25, 0.3) is 0 Å². The first-order valence-electron chi connectivity index (χ1n) is 13.4. The van der Waals surface area contributed by atoms with Crippen LogP contribution >= 0.6 is 0 Å². The first-order valence-corrected chi connectivity index (χ1v) is 13.4. The number of aliphatic hydroxyl groups is 1. The normalized spacial score (nSPS) is 43.5. The van der Waals surface area contributed by atoms with Gasteiger partial charge < -0.3 is 5.11 Å². The summed E-state index contributed by atoms with van der Waals surface area (Å²) in [5.41, 5.74) is 6.41. The highest BCUT2D eigenvalue weighted by Crippen LogP contribution is 2.72. The zero-order valence-electron chi connectivity index (χ0n) is 21.9. The van der Waals surface area contributed by atoms with Crippen molar-refractivity contribution in [1.82, 2.24) is 0 Å². The molecule has 0 saturated heterocycles. The molecule has 184 valence electrons. The molecule has 0 heterocycles. The molecule has 32 heavy (non-hydrogen) atoms. The van der Waals surface area contributed by atoms with Gasteiger partial charge in [-0.2, -0.15) is 0 Å². The van der Waals surface area contributed by atoms with Crippen molar-refractivity contribution < 1.29 is 5.11 Å². The lowest BCUT2D eigenvalue weighted by Crippen LogP contribution is -2.55. The summed E-state index contributed by atoms with van der Waals surface area (Å²) in [5, 5.41) is 10.8. The monoisotopic (exact) mass is 442 g/mol. The van der Waals surface area contributed by atoms with Crippen molar-refractivity contribution in [3.8, 4) is 0 Å². The van der Waals surface area contributed by atoms with E-state index in [1.807, 2.05) is 11.1 Å². The molecule has 1 N–H and O–H groups in total. The Hall–Kier alpha value is -0.560. The van der Waals surface area contributed by atoms with Crippen LogP contribution in [0.25, 0.3) is 0 Å². The van der Waals surface area contributed by atoms with Crippen LogP contribution in [-0.2, 0) is 0 Å². The van der Waals surface area contributed by atoms with Gasteiger partial charge in [0.15, 0.2) is 0 Å². The van der Waals surface area contributed by atoms with E-state index in [0.717, 1.165) is 18.3 Å². The molecule has 0 unspecified atom stereocenters. The van der Waals surface area contributed by atoms with E-state index in [0.29, 0.717) is 22.2 Å². The van der Waals surface area contributed by atoms with Crippen molar-refractivity contribution in [3.05, 3.63) is 22.8 Å². The van der Waals surface area contributed by atoms with Gasteiger partial charge in [-0.05, 0) is 117 Å². The fourth-order valence-corrected chi connectivity index (χ4v) is 9.47. The Morgan fingerprint density at radius 2 is 1.66 bits per heavy atom. The lowest BCUT2D eigenvalue weighted by Gasteiger charge is -2.62. The van der Waals surface area contributed by atoms with Gasteiger partial charge in [0, 0.05) is 0 Å². The summed E-state index contributed by atoms with van der Waals surface area (Å²) in [7, 11) is 0. The van der Waals surface area contributed by atoms with E-state index in [1.54, 1.807) is 0 Å². The first kappa shape index (κ1) is 26.1. The Morgan fingerprint density at radius 1 is 0.969 bits per heavy atom. The van der Waals surface area contributed by atoms with E-state index in [1.165, 1.54) is 63.4 Å². The zero-order chi connectivity index (χ0) is 22.8. The van der Waals surface area contributed by atoms with Crippen molar-refractivity contribution in [2.24, 2.45) is 39.4 Å². The topological polar surface area (TPSA) is 20.2 Å². The van der Waals surface area contributed by atoms with Crippen LogP contribution in [0.3, 0.4) is 0 Å². The molecule has 0 aliphatic heterocycles. The van der Waals surface area contributed by atoms with Gasteiger partial charge in [-0.1, -0.05) is 71.8 Å². The highest BCUT2D eigenvalue weighted by atomic mass is 16.3. The number of hydrogen-bond acceptors (Lipinski definition) is 1. The largest absolute Gasteiger partial charge is 0.393 e.